The second-order valence-electron chi connectivity index (χ2n) is 6.55. The van der Waals surface area contributed by atoms with E-state index in [1.54, 1.807) is 0 Å². The van der Waals surface area contributed by atoms with Crippen molar-refractivity contribution in [1.82, 2.24) is 16.3 Å². The maximum Gasteiger partial charge on any atom is 0.258 e. The standard InChI is InChI=1S/C20H24N4O/c1-13-9-11-16(12-10-13)15(3)21-24-20(25)19-14(2)18(22-23-19)17-7-5-4-6-8-17/h4-12,14,18-19,22-23H,1-3H3,(H,24,25)/b21-15+. The molecular weight excluding hydrogens is 312 g/mol. The molecule has 3 atom stereocenters. The number of aryl methyl sites for hydroxylation is 1. The molecule has 0 radical (unpaired) electrons. The average molecular weight is 336 g/mol. The lowest BCUT2D eigenvalue weighted by Crippen LogP contribution is -2.43. The van der Waals surface area contributed by atoms with E-state index in [9.17, 15) is 4.79 Å². The number of rotatable bonds is 4. The molecule has 0 spiro atoms. The van der Waals surface area contributed by atoms with Gasteiger partial charge in [-0.1, -0.05) is 67.1 Å². The molecule has 1 aliphatic rings. The third kappa shape index (κ3) is 3.95. The molecule has 3 unspecified atom stereocenters. The summed E-state index contributed by atoms with van der Waals surface area (Å²) in [6.07, 6.45) is 0. The number of carbonyl (C=O) groups excluding carboxylic acids is 1. The summed E-state index contributed by atoms with van der Waals surface area (Å²) in [5, 5.41) is 4.25. The molecular formula is C20H24N4O. The second kappa shape index (κ2) is 7.59. The maximum atomic E-state index is 12.5. The van der Waals surface area contributed by atoms with Crippen molar-refractivity contribution in [3.63, 3.8) is 0 Å². The van der Waals surface area contributed by atoms with Crippen molar-refractivity contribution in [1.29, 1.82) is 0 Å². The molecule has 1 heterocycles. The predicted molar refractivity (Wildman–Crippen MR) is 99.9 cm³/mol. The Labute approximate surface area is 148 Å². The Hall–Kier alpha value is -2.50. The van der Waals surface area contributed by atoms with Crippen LogP contribution >= 0.6 is 0 Å². The monoisotopic (exact) mass is 336 g/mol. The Morgan fingerprint density at radius 3 is 2.40 bits per heavy atom. The van der Waals surface area contributed by atoms with E-state index in [0.29, 0.717) is 0 Å². The van der Waals surface area contributed by atoms with Crippen LogP contribution in [0.1, 0.15) is 36.6 Å². The first-order valence-corrected chi connectivity index (χ1v) is 8.53. The minimum absolute atomic E-state index is 0.0964. The van der Waals surface area contributed by atoms with Gasteiger partial charge in [0.2, 0.25) is 0 Å². The molecule has 0 bridgehead atoms. The third-order valence-corrected chi connectivity index (χ3v) is 4.69. The van der Waals surface area contributed by atoms with Gasteiger partial charge in [0.1, 0.15) is 6.04 Å². The molecule has 1 fully saturated rings. The minimum Gasteiger partial charge on any atom is -0.271 e. The highest BCUT2D eigenvalue weighted by Gasteiger charge is 2.37. The number of hydrogen-bond acceptors (Lipinski definition) is 4. The molecule has 3 N–H and O–H groups in total. The minimum atomic E-state index is -0.334. The molecule has 1 saturated heterocycles. The molecule has 25 heavy (non-hydrogen) atoms. The molecule has 0 aromatic heterocycles. The molecule has 2 aromatic carbocycles. The van der Waals surface area contributed by atoms with Crippen LogP contribution in [-0.4, -0.2) is 17.7 Å². The molecule has 130 valence electrons. The topological polar surface area (TPSA) is 65.5 Å². The van der Waals surface area contributed by atoms with Crippen molar-refractivity contribution >= 4 is 11.6 Å². The van der Waals surface area contributed by atoms with Gasteiger partial charge in [0.25, 0.3) is 5.91 Å². The van der Waals surface area contributed by atoms with Crippen LogP contribution in [0.4, 0.5) is 0 Å². The van der Waals surface area contributed by atoms with Crippen molar-refractivity contribution < 1.29 is 4.79 Å². The zero-order valence-electron chi connectivity index (χ0n) is 14.8. The van der Waals surface area contributed by atoms with Crippen LogP contribution in [0.25, 0.3) is 0 Å². The van der Waals surface area contributed by atoms with Crippen LogP contribution < -0.4 is 16.3 Å². The van der Waals surface area contributed by atoms with Gasteiger partial charge in [0, 0.05) is 5.92 Å². The van der Waals surface area contributed by atoms with Gasteiger partial charge in [0.15, 0.2) is 0 Å². The van der Waals surface area contributed by atoms with Crippen LogP contribution in [0, 0.1) is 12.8 Å². The fourth-order valence-corrected chi connectivity index (χ4v) is 3.05. The van der Waals surface area contributed by atoms with Gasteiger partial charge in [0.05, 0.1) is 11.8 Å². The molecule has 3 rings (SSSR count). The number of hydrogen-bond donors (Lipinski definition) is 3. The number of carbonyl (C=O) groups is 1. The molecule has 1 aliphatic heterocycles. The summed E-state index contributed by atoms with van der Waals surface area (Å²) in [5.41, 5.74) is 13.1. The molecule has 5 heteroatoms. The normalized spacial score (nSPS) is 23.5. The van der Waals surface area contributed by atoms with Crippen molar-refractivity contribution in [2.45, 2.75) is 32.9 Å². The lowest BCUT2D eigenvalue weighted by molar-refractivity contribution is -0.123. The molecule has 5 nitrogen and oxygen atoms in total. The molecule has 0 saturated carbocycles. The fraction of sp³-hybridized carbons (Fsp3) is 0.300. The van der Waals surface area contributed by atoms with Crippen LogP contribution in [0.2, 0.25) is 0 Å². The summed E-state index contributed by atoms with van der Waals surface area (Å²) >= 11 is 0. The SMILES string of the molecule is C/C(=N\NC(=O)C1NNC(c2ccccc2)C1C)c1ccc(C)cc1. The third-order valence-electron chi connectivity index (χ3n) is 4.69. The molecule has 1 amide bonds. The van der Waals surface area contributed by atoms with Crippen molar-refractivity contribution in [3.05, 3.63) is 71.3 Å². The summed E-state index contributed by atoms with van der Waals surface area (Å²) in [4.78, 5) is 12.5. The zero-order chi connectivity index (χ0) is 17.8. The van der Waals surface area contributed by atoms with Gasteiger partial charge < -0.3 is 0 Å². The number of amides is 1. The van der Waals surface area contributed by atoms with Gasteiger partial charge in [-0.15, -0.1) is 0 Å². The molecule has 0 aliphatic carbocycles. The van der Waals surface area contributed by atoms with Crippen LogP contribution in [0.15, 0.2) is 59.7 Å². The number of nitrogens with one attached hydrogen (secondary N) is 3. The first-order chi connectivity index (χ1) is 12.1. The molecule has 2 aromatic rings. The fourth-order valence-electron chi connectivity index (χ4n) is 3.05. The number of nitrogens with zero attached hydrogens (tertiary/aromatic N) is 1. The van der Waals surface area contributed by atoms with Gasteiger partial charge >= 0.3 is 0 Å². The zero-order valence-corrected chi connectivity index (χ0v) is 14.8. The van der Waals surface area contributed by atoms with E-state index in [1.165, 1.54) is 5.56 Å². The Morgan fingerprint density at radius 1 is 1.04 bits per heavy atom. The van der Waals surface area contributed by atoms with Crippen molar-refractivity contribution in [2.75, 3.05) is 0 Å². The van der Waals surface area contributed by atoms with E-state index < -0.39 is 0 Å². The number of hydrazine groups is 1. The highest BCUT2D eigenvalue weighted by Crippen LogP contribution is 2.28. The van der Waals surface area contributed by atoms with Crippen molar-refractivity contribution in [3.8, 4) is 0 Å². The first kappa shape index (κ1) is 17.3. The van der Waals surface area contributed by atoms with Gasteiger partial charge in [-0.2, -0.15) is 5.10 Å². The Bertz CT molecular complexity index is 755. The van der Waals surface area contributed by atoms with E-state index in [4.69, 9.17) is 0 Å². The summed E-state index contributed by atoms with van der Waals surface area (Å²) in [6, 6.07) is 18.0. The number of hydrazone groups is 1. The second-order valence-corrected chi connectivity index (χ2v) is 6.55. The average Bonchev–Trinajstić information content (AvgIpc) is 3.02. The lowest BCUT2D eigenvalue weighted by Gasteiger charge is -2.17. The summed E-state index contributed by atoms with van der Waals surface area (Å²) in [5.74, 6) is -0.0258. The largest absolute Gasteiger partial charge is 0.271 e. The van der Waals surface area contributed by atoms with E-state index in [-0.39, 0.29) is 23.9 Å². The van der Waals surface area contributed by atoms with E-state index >= 15 is 0 Å². The van der Waals surface area contributed by atoms with Gasteiger partial charge in [-0.25, -0.2) is 16.3 Å². The Kier molecular flexibility index (Phi) is 5.26. The Balaban J connectivity index is 1.64. The number of benzene rings is 2. The summed E-state index contributed by atoms with van der Waals surface area (Å²) in [6.45, 7) is 5.99. The smallest absolute Gasteiger partial charge is 0.258 e. The van der Waals surface area contributed by atoms with Gasteiger partial charge in [-0.05, 0) is 25.0 Å². The van der Waals surface area contributed by atoms with Crippen molar-refractivity contribution in [2.24, 2.45) is 11.0 Å². The van der Waals surface area contributed by atoms with Crippen LogP contribution in [0.3, 0.4) is 0 Å². The van der Waals surface area contributed by atoms with E-state index in [0.717, 1.165) is 16.8 Å². The van der Waals surface area contributed by atoms with Gasteiger partial charge in [-0.3, -0.25) is 4.79 Å². The Morgan fingerprint density at radius 2 is 1.72 bits per heavy atom. The first-order valence-electron chi connectivity index (χ1n) is 8.53. The summed E-state index contributed by atoms with van der Waals surface area (Å²) in [7, 11) is 0. The predicted octanol–water partition coefficient (Wildman–Crippen LogP) is 2.69. The van der Waals surface area contributed by atoms with Crippen LogP contribution in [-0.2, 0) is 4.79 Å². The maximum absolute atomic E-state index is 12.5. The lowest BCUT2D eigenvalue weighted by atomic mass is 9.91. The van der Waals surface area contributed by atoms with E-state index in [1.807, 2.05) is 56.3 Å². The quantitative estimate of drug-likeness (QED) is 0.594. The highest BCUT2D eigenvalue weighted by molar-refractivity contribution is 5.99. The van der Waals surface area contributed by atoms with E-state index in [2.05, 4.69) is 40.4 Å². The highest BCUT2D eigenvalue weighted by atomic mass is 16.2. The summed E-state index contributed by atoms with van der Waals surface area (Å²) < 4.78 is 0. The van der Waals surface area contributed by atoms with Crippen LogP contribution in [0.5, 0.6) is 0 Å².